The maximum atomic E-state index is 14.7. The van der Waals surface area contributed by atoms with Gasteiger partial charge in [0, 0.05) is 30.4 Å². The highest BCUT2D eigenvalue weighted by atomic mass is 19.1. The average molecular weight is 605 g/mol. The van der Waals surface area contributed by atoms with Crippen molar-refractivity contribution in [1.82, 2.24) is 25.1 Å². The van der Waals surface area contributed by atoms with Gasteiger partial charge < -0.3 is 40.5 Å². The number of piperidine rings is 1. The van der Waals surface area contributed by atoms with E-state index in [2.05, 4.69) is 36.1 Å². The molecular weight excluding hydrogens is 571 g/mol. The first-order valence-corrected chi connectivity index (χ1v) is 14.3. The first-order valence-electron chi connectivity index (χ1n) is 14.3. The van der Waals surface area contributed by atoms with Gasteiger partial charge in [0.1, 0.15) is 11.5 Å². The zero-order valence-electron chi connectivity index (χ0n) is 24.6. The third-order valence-corrected chi connectivity index (χ3v) is 8.14. The molecule has 1 fully saturated rings. The number of amides is 3. The Hall–Kier alpha value is -4.98. The summed E-state index contributed by atoms with van der Waals surface area (Å²) >= 11 is 0. The summed E-state index contributed by atoms with van der Waals surface area (Å²) in [5.74, 6) is -1.65. The van der Waals surface area contributed by atoms with Crippen molar-refractivity contribution >= 4 is 46.5 Å². The van der Waals surface area contributed by atoms with Crippen LogP contribution in [0.1, 0.15) is 30.1 Å². The molecule has 7 aliphatic rings. The smallest absolute Gasteiger partial charge is 0.278 e. The molecule has 1 aromatic heterocycles. The van der Waals surface area contributed by atoms with Crippen LogP contribution >= 0.6 is 0 Å². The van der Waals surface area contributed by atoms with Crippen LogP contribution in [0.4, 0.5) is 33.2 Å². The first kappa shape index (κ1) is 29.1. The van der Waals surface area contributed by atoms with E-state index in [-0.39, 0.29) is 42.6 Å². The molecule has 3 aromatic rings. The Morgan fingerprint density at radius 2 is 1.80 bits per heavy atom. The Morgan fingerprint density at radius 1 is 1.00 bits per heavy atom. The van der Waals surface area contributed by atoms with Crippen LogP contribution in [0.25, 0.3) is 0 Å². The molecule has 8 heterocycles. The van der Waals surface area contributed by atoms with Crippen LogP contribution < -0.4 is 30.7 Å². The van der Waals surface area contributed by atoms with Crippen molar-refractivity contribution in [3.63, 3.8) is 0 Å². The monoisotopic (exact) mass is 604 g/mol. The number of nitrogens with one attached hydrogen (secondary N) is 4. The third-order valence-electron chi connectivity index (χ3n) is 8.14. The normalized spacial score (nSPS) is 21.1. The lowest BCUT2D eigenvalue weighted by Gasteiger charge is -2.38. The molecule has 3 amide bonds. The summed E-state index contributed by atoms with van der Waals surface area (Å²) in [5.41, 5.74) is -0.285. The van der Waals surface area contributed by atoms with Crippen molar-refractivity contribution < 1.29 is 28.2 Å². The predicted molar refractivity (Wildman–Crippen MR) is 160 cm³/mol. The van der Waals surface area contributed by atoms with Crippen LogP contribution in [0.15, 0.2) is 42.6 Å². The molecule has 13 nitrogen and oxygen atoms in total. The number of halogens is 1. The zero-order valence-corrected chi connectivity index (χ0v) is 24.6. The zero-order chi connectivity index (χ0) is 31.0. The van der Waals surface area contributed by atoms with Gasteiger partial charge >= 0.3 is 0 Å². The molecule has 10 rings (SSSR count). The summed E-state index contributed by atoms with van der Waals surface area (Å²) in [6.07, 6.45) is 2.56. The van der Waals surface area contributed by atoms with Crippen molar-refractivity contribution in [2.45, 2.75) is 31.4 Å². The Kier molecular flexibility index (Phi) is 7.67. The van der Waals surface area contributed by atoms with Crippen LogP contribution in [-0.2, 0) is 9.59 Å². The molecule has 1 saturated heterocycles. The summed E-state index contributed by atoms with van der Waals surface area (Å²) < 4.78 is 26.3. The van der Waals surface area contributed by atoms with E-state index in [1.807, 2.05) is 7.05 Å². The molecule has 7 aliphatic heterocycles. The number of hydrogen-bond donors (Lipinski definition) is 4. The Balaban J connectivity index is 1.39. The average Bonchev–Trinajstić information content (AvgIpc) is 3.01. The largest absolute Gasteiger partial charge is 0.495 e. The number of carbonyl (C=O) groups is 3. The lowest BCUT2D eigenvalue weighted by molar-refractivity contribution is -0.146. The fourth-order valence-electron chi connectivity index (χ4n) is 5.53. The molecule has 8 bridgehead atoms. The number of aromatic nitrogens is 2. The van der Waals surface area contributed by atoms with Crippen LogP contribution in [0, 0.1) is 5.82 Å². The number of benzene rings is 2. The lowest BCUT2D eigenvalue weighted by atomic mass is 10.0. The molecule has 1 unspecified atom stereocenters. The van der Waals surface area contributed by atoms with Crippen LogP contribution in [0.2, 0.25) is 0 Å². The molecule has 4 N–H and O–H groups in total. The van der Waals surface area contributed by atoms with Crippen molar-refractivity contribution in [2.75, 3.05) is 56.3 Å². The quantitative estimate of drug-likeness (QED) is 0.322. The lowest BCUT2D eigenvalue weighted by Crippen LogP contribution is -2.59. The molecule has 0 saturated carbocycles. The van der Waals surface area contributed by atoms with E-state index >= 15 is 0 Å². The standard InChI is InChI=1S/C30H33FN8O5/c1-30-27(41)32-10-13-39(19-8-11-38(2)12-9-19)26(40)17-4-6-21(24(14-17)43-3)36-29-33-16-20(31)25(37-29)34-18-5-7-23(44-30)22(15-18)35-28(30)42/h4-7,14-16,19H,8-13H2,1-3H3,(H,32,41)(H,35,42)(H2,33,34,36,37). The van der Waals surface area contributed by atoms with Gasteiger partial charge in [0.15, 0.2) is 11.6 Å². The summed E-state index contributed by atoms with van der Waals surface area (Å²) in [4.78, 5) is 52.7. The Bertz CT molecular complexity index is 1630. The molecule has 0 spiro atoms. The maximum Gasteiger partial charge on any atom is 0.278 e. The number of nitrogens with zero attached hydrogens (tertiary/aromatic N) is 4. The second kappa shape index (κ2) is 11.6. The van der Waals surface area contributed by atoms with Gasteiger partial charge in [-0.25, -0.2) is 9.37 Å². The highest BCUT2D eigenvalue weighted by molar-refractivity contribution is 6.15. The van der Waals surface area contributed by atoms with E-state index in [1.165, 1.54) is 14.0 Å². The van der Waals surface area contributed by atoms with Gasteiger partial charge in [-0.05, 0) is 76.3 Å². The molecular formula is C30H33FN8O5. The Labute approximate surface area is 253 Å². The van der Waals surface area contributed by atoms with Gasteiger partial charge in [0.2, 0.25) is 5.95 Å². The number of likely N-dealkylation sites (tertiary alicyclic amines) is 1. The van der Waals surface area contributed by atoms with E-state index < -0.39 is 23.2 Å². The highest BCUT2D eigenvalue weighted by Gasteiger charge is 2.47. The predicted octanol–water partition coefficient (Wildman–Crippen LogP) is 2.87. The van der Waals surface area contributed by atoms with Gasteiger partial charge in [-0.15, -0.1) is 0 Å². The van der Waals surface area contributed by atoms with Crippen LogP contribution in [0.3, 0.4) is 0 Å². The van der Waals surface area contributed by atoms with Crippen molar-refractivity contribution in [1.29, 1.82) is 0 Å². The molecule has 1 atom stereocenters. The third kappa shape index (κ3) is 5.55. The van der Waals surface area contributed by atoms with E-state index in [9.17, 15) is 18.8 Å². The maximum absolute atomic E-state index is 14.7. The number of carbonyl (C=O) groups excluding carboxylic acids is 3. The van der Waals surface area contributed by atoms with Gasteiger partial charge in [0.25, 0.3) is 23.3 Å². The number of rotatable bonds is 2. The van der Waals surface area contributed by atoms with Crippen molar-refractivity contribution in [3.8, 4) is 11.5 Å². The summed E-state index contributed by atoms with van der Waals surface area (Å²) in [6.45, 7) is 3.37. The second-order valence-electron chi connectivity index (χ2n) is 11.1. The molecule has 0 aliphatic carbocycles. The van der Waals surface area contributed by atoms with Crippen molar-refractivity contribution in [3.05, 3.63) is 54.0 Å². The van der Waals surface area contributed by atoms with E-state index in [0.717, 1.165) is 32.1 Å². The van der Waals surface area contributed by atoms with E-state index in [0.29, 0.717) is 28.4 Å². The van der Waals surface area contributed by atoms with Gasteiger partial charge in [-0.1, -0.05) is 0 Å². The fraction of sp³-hybridized carbons (Fsp3) is 0.367. The SMILES string of the molecule is COc1cc2ccc1Nc1ncc(F)c(n1)Nc1ccc3c(c1)NC(=O)C(C)(O3)C(=O)NCCN(C1CCN(C)CC1)C2=O. The first-order chi connectivity index (χ1) is 21.1. The van der Waals surface area contributed by atoms with Crippen LogP contribution in [0.5, 0.6) is 11.5 Å². The van der Waals surface area contributed by atoms with Gasteiger partial charge in [-0.3, -0.25) is 14.4 Å². The molecule has 2 aromatic carbocycles. The van der Waals surface area contributed by atoms with Gasteiger partial charge in [0.05, 0.1) is 24.7 Å². The summed E-state index contributed by atoms with van der Waals surface area (Å²) in [5, 5.41) is 11.4. The summed E-state index contributed by atoms with van der Waals surface area (Å²) in [6, 6.07) is 9.64. The second-order valence-corrected chi connectivity index (χ2v) is 11.1. The molecule has 44 heavy (non-hydrogen) atoms. The molecule has 230 valence electrons. The number of ether oxygens (including phenoxy) is 2. The Morgan fingerprint density at radius 3 is 2.57 bits per heavy atom. The number of hydrogen-bond acceptors (Lipinski definition) is 10. The minimum absolute atomic E-state index is 0.0505. The highest BCUT2D eigenvalue weighted by Crippen LogP contribution is 2.37. The molecule has 14 heteroatoms. The summed E-state index contributed by atoms with van der Waals surface area (Å²) in [7, 11) is 3.52. The number of methoxy groups -OCH3 is 1. The van der Waals surface area contributed by atoms with Crippen LogP contribution in [-0.4, -0.2) is 89.5 Å². The number of anilines is 5. The topological polar surface area (TPSA) is 150 Å². The fourth-order valence-corrected chi connectivity index (χ4v) is 5.53. The van der Waals surface area contributed by atoms with Crippen molar-refractivity contribution in [2.24, 2.45) is 0 Å². The minimum Gasteiger partial charge on any atom is -0.495 e. The van der Waals surface area contributed by atoms with E-state index in [1.54, 1.807) is 41.3 Å². The van der Waals surface area contributed by atoms with E-state index in [4.69, 9.17) is 9.47 Å². The molecule has 0 radical (unpaired) electrons. The minimum atomic E-state index is -1.86. The van der Waals surface area contributed by atoms with Gasteiger partial charge in [-0.2, -0.15) is 4.98 Å².